The number of rotatable bonds is 4. The van der Waals surface area contributed by atoms with Crippen LogP contribution in [0.5, 0.6) is 11.5 Å². The van der Waals surface area contributed by atoms with Crippen LogP contribution in [0.15, 0.2) is 218 Å². The molecule has 0 bridgehead atoms. The minimum atomic E-state index is -0.673. The maximum Gasteiger partial charge on any atom is 0.132 e. The summed E-state index contributed by atoms with van der Waals surface area (Å²) in [6.07, 6.45) is 0. The maximum absolute atomic E-state index is 6.80. The summed E-state index contributed by atoms with van der Waals surface area (Å²) in [5, 5.41) is 7.50. The predicted molar refractivity (Wildman–Crippen MR) is 263 cm³/mol. The van der Waals surface area contributed by atoms with Gasteiger partial charge in [-0.25, -0.2) is 0 Å². The SMILES string of the molecule is c1ccc2c(c1)Oc1ccccc1C21c2c(-c3ccc(N(c4ccc5sc6ccccc6c5c4)c4cccc5ccccc45)cc3)cccc2-n2c3ccccc3c3cccc1c32. The number of aromatic nitrogens is 1. The van der Waals surface area contributed by atoms with E-state index in [2.05, 4.69) is 228 Å². The Morgan fingerprint density at radius 1 is 0.444 bits per heavy atom. The molecule has 0 fully saturated rings. The van der Waals surface area contributed by atoms with Crippen LogP contribution in [0.1, 0.15) is 22.3 Å². The maximum atomic E-state index is 6.80. The van der Waals surface area contributed by atoms with Gasteiger partial charge >= 0.3 is 0 Å². The van der Waals surface area contributed by atoms with Crippen molar-refractivity contribution in [2.75, 3.05) is 4.90 Å². The van der Waals surface area contributed by atoms with Gasteiger partial charge in [0.25, 0.3) is 0 Å². The Morgan fingerprint density at radius 2 is 1.06 bits per heavy atom. The molecule has 4 heteroatoms. The van der Waals surface area contributed by atoms with Gasteiger partial charge in [-0.05, 0) is 88.8 Å². The lowest BCUT2D eigenvalue weighted by Gasteiger charge is -2.46. The van der Waals surface area contributed by atoms with Crippen LogP contribution in [0.3, 0.4) is 0 Å². The summed E-state index contributed by atoms with van der Waals surface area (Å²) in [5.74, 6) is 1.77. The van der Waals surface area contributed by atoms with Gasteiger partial charge in [-0.1, -0.05) is 152 Å². The monoisotopic (exact) mass is 820 g/mol. The van der Waals surface area contributed by atoms with E-state index >= 15 is 0 Å². The molecule has 1 spiro atoms. The third-order valence-electron chi connectivity index (χ3n) is 13.6. The van der Waals surface area contributed by atoms with Crippen LogP contribution in [0.2, 0.25) is 0 Å². The van der Waals surface area contributed by atoms with E-state index in [1.807, 2.05) is 11.3 Å². The van der Waals surface area contributed by atoms with Crippen molar-refractivity contribution < 1.29 is 4.74 Å². The first-order chi connectivity index (χ1) is 31.3. The number of thiophene rings is 1. The highest BCUT2D eigenvalue weighted by Gasteiger charge is 2.51. The smallest absolute Gasteiger partial charge is 0.132 e. The van der Waals surface area contributed by atoms with Crippen LogP contribution in [0, 0.1) is 0 Å². The van der Waals surface area contributed by atoms with Crippen molar-refractivity contribution >= 4 is 81.1 Å². The van der Waals surface area contributed by atoms with Gasteiger partial charge in [-0.15, -0.1) is 11.3 Å². The highest BCUT2D eigenvalue weighted by molar-refractivity contribution is 7.25. The minimum Gasteiger partial charge on any atom is -0.457 e. The van der Waals surface area contributed by atoms with Gasteiger partial charge in [0.15, 0.2) is 0 Å². The summed E-state index contributed by atoms with van der Waals surface area (Å²) in [6, 6.07) is 80.3. The van der Waals surface area contributed by atoms with Crippen molar-refractivity contribution in [3.05, 3.63) is 241 Å². The normalized spacial score (nSPS) is 13.3. The quantitative estimate of drug-likeness (QED) is 0.176. The standard InChI is InChI=1S/C59H36N2OS/c1-2-16-41-37(14-1)15-11-25-50(41)60(40-34-35-56-46(36-40)44-18-4-10-29-55(44)63-56)39-32-30-38(31-33-39)42-19-13-26-52-57(42)59(47-21-5-8-27-53(47)62-54-28-9-6-22-48(54)59)49-23-12-20-45-43-17-3-7-24-51(43)61(52)58(45)49/h1-36H. The molecule has 12 aromatic rings. The van der Waals surface area contributed by atoms with Crippen molar-refractivity contribution in [1.82, 2.24) is 4.57 Å². The Morgan fingerprint density at radius 3 is 1.90 bits per heavy atom. The highest BCUT2D eigenvalue weighted by atomic mass is 32.1. The molecule has 10 aromatic carbocycles. The fraction of sp³-hybridized carbons (Fsp3) is 0.0169. The van der Waals surface area contributed by atoms with E-state index in [1.165, 1.54) is 75.1 Å². The van der Waals surface area contributed by atoms with E-state index < -0.39 is 5.41 Å². The Bertz CT molecular complexity index is 3810. The van der Waals surface area contributed by atoms with Crippen molar-refractivity contribution in [1.29, 1.82) is 0 Å². The molecule has 4 heterocycles. The molecule has 0 N–H and O–H groups in total. The van der Waals surface area contributed by atoms with Gasteiger partial charge in [0.05, 0.1) is 27.8 Å². The Hall–Kier alpha value is -7.92. The topological polar surface area (TPSA) is 17.4 Å². The zero-order valence-corrected chi connectivity index (χ0v) is 34.8. The van der Waals surface area contributed by atoms with E-state index in [4.69, 9.17) is 4.74 Å². The third-order valence-corrected chi connectivity index (χ3v) is 14.8. The van der Waals surface area contributed by atoms with E-state index in [9.17, 15) is 0 Å². The van der Waals surface area contributed by atoms with Crippen LogP contribution in [-0.2, 0) is 5.41 Å². The average Bonchev–Trinajstić information content (AvgIpc) is 3.89. The lowest BCUT2D eigenvalue weighted by Crippen LogP contribution is -2.38. The molecule has 2 aliphatic heterocycles. The highest BCUT2D eigenvalue weighted by Crippen LogP contribution is 2.62. The first-order valence-electron chi connectivity index (χ1n) is 21.6. The largest absolute Gasteiger partial charge is 0.457 e. The van der Waals surface area contributed by atoms with E-state index in [0.29, 0.717) is 0 Å². The summed E-state index contributed by atoms with van der Waals surface area (Å²) >= 11 is 1.85. The predicted octanol–water partition coefficient (Wildman–Crippen LogP) is 16.2. The molecule has 0 radical (unpaired) electrons. The number of hydrogen-bond acceptors (Lipinski definition) is 3. The Balaban J connectivity index is 1.03. The molecular weight excluding hydrogens is 785 g/mol. The zero-order chi connectivity index (χ0) is 41.2. The second-order valence-electron chi connectivity index (χ2n) is 16.8. The zero-order valence-electron chi connectivity index (χ0n) is 34.0. The van der Waals surface area contributed by atoms with Gasteiger partial charge in [0, 0.05) is 64.4 Å². The van der Waals surface area contributed by atoms with E-state index in [-0.39, 0.29) is 0 Å². The van der Waals surface area contributed by atoms with Gasteiger partial charge in [-0.3, -0.25) is 0 Å². The number of para-hydroxylation sites is 4. The molecule has 0 unspecified atom stereocenters. The second-order valence-corrected chi connectivity index (χ2v) is 17.8. The van der Waals surface area contributed by atoms with Gasteiger partial charge < -0.3 is 14.2 Å². The van der Waals surface area contributed by atoms with Crippen LogP contribution in [-0.4, -0.2) is 4.57 Å². The van der Waals surface area contributed by atoms with Crippen LogP contribution in [0.25, 0.3) is 69.6 Å². The van der Waals surface area contributed by atoms with Crippen molar-refractivity contribution in [2.45, 2.75) is 5.41 Å². The fourth-order valence-corrected chi connectivity index (χ4v) is 12.2. The third kappa shape index (κ3) is 4.73. The van der Waals surface area contributed by atoms with Gasteiger partial charge in [-0.2, -0.15) is 0 Å². The molecule has 0 saturated carbocycles. The van der Waals surface area contributed by atoms with Gasteiger partial charge in [0.2, 0.25) is 0 Å². The Kier molecular flexibility index (Phi) is 7.20. The molecular formula is C59H36N2OS. The summed E-state index contributed by atoms with van der Waals surface area (Å²) in [5.41, 5.74) is 13.5. The first kappa shape index (κ1) is 34.8. The fourth-order valence-electron chi connectivity index (χ4n) is 11.1. The Labute approximate surface area is 367 Å². The molecule has 0 saturated heterocycles. The number of hydrogen-bond donors (Lipinski definition) is 0. The van der Waals surface area contributed by atoms with E-state index in [0.717, 1.165) is 45.3 Å². The van der Waals surface area contributed by atoms with Crippen molar-refractivity contribution in [3.8, 4) is 28.3 Å². The lowest BCUT2D eigenvalue weighted by atomic mass is 9.60. The molecule has 0 atom stereocenters. The van der Waals surface area contributed by atoms with Gasteiger partial charge in [0.1, 0.15) is 11.5 Å². The first-order valence-corrected chi connectivity index (χ1v) is 22.4. The molecule has 63 heavy (non-hydrogen) atoms. The minimum absolute atomic E-state index is 0.673. The summed E-state index contributed by atoms with van der Waals surface area (Å²) in [4.78, 5) is 2.43. The number of anilines is 3. The summed E-state index contributed by atoms with van der Waals surface area (Å²) in [7, 11) is 0. The molecule has 294 valence electrons. The lowest BCUT2D eigenvalue weighted by molar-refractivity contribution is 0.434. The summed E-state index contributed by atoms with van der Waals surface area (Å²) < 4.78 is 11.9. The van der Waals surface area contributed by atoms with Crippen molar-refractivity contribution in [2.24, 2.45) is 0 Å². The molecule has 0 aliphatic carbocycles. The van der Waals surface area contributed by atoms with Crippen LogP contribution < -0.4 is 9.64 Å². The van der Waals surface area contributed by atoms with E-state index in [1.54, 1.807) is 0 Å². The van der Waals surface area contributed by atoms with Crippen molar-refractivity contribution in [3.63, 3.8) is 0 Å². The number of benzene rings is 10. The molecule has 0 amide bonds. The summed E-state index contributed by atoms with van der Waals surface area (Å²) in [6.45, 7) is 0. The number of nitrogens with zero attached hydrogens (tertiary/aromatic N) is 2. The second kappa shape index (κ2) is 13.0. The average molecular weight is 821 g/mol. The molecule has 2 aliphatic rings. The van der Waals surface area contributed by atoms with Crippen LogP contribution >= 0.6 is 11.3 Å². The van der Waals surface area contributed by atoms with Crippen LogP contribution in [0.4, 0.5) is 17.1 Å². The molecule has 14 rings (SSSR count). The number of fused-ring (bicyclic) bond motifs is 15. The molecule has 3 nitrogen and oxygen atoms in total. The number of ether oxygens (including phenoxy) is 1. The molecule has 2 aromatic heterocycles.